The van der Waals surface area contributed by atoms with Crippen LogP contribution in [0.1, 0.15) is 63.6 Å². The Bertz CT molecular complexity index is 393. The van der Waals surface area contributed by atoms with E-state index in [-0.39, 0.29) is 0 Å². The zero-order valence-corrected chi connectivity index (χ0v) is 13.3. The predicted molar refractivity (Wildman–Crippen MR) is 83.6 cm³/mol. The summed E-state index contributed by atoms with van der Waals surface area (Å²) < 4.78 is 2.02. The topological polar surface area (TPSA) is 47.1 Å². The minimum Gasteiger partial charge on any atom is -0.329 e. The molecule has 0 aliphatic heterocycles. The Balaban J connectivity index is 1.98. The first kappa shape index (κ1) is 15.5. The van der Waals surface area contributed by atoms with Crippen molar-refractivity contribution in [2.45, 2.75) is 58.0 Å². The van der Waals surface area contributed by atoms with Crippen LogP contribution in [0.2, 0.25) is 0 Å². The third kappa shape index (κ3) is 3.83. The van der Waals surface area contributed by atoms with Crippen LogP contribution < -0.4 is 5.73 Å². The van der Waals surface area contributed by atoms with Crippen LogP contribution in [0.25, 0.3) is 0 Å². The van der Waals surface area contributed by atoms with E-state index in [0.717, 1.165) is 12.5 Å². The lowest BCUT2D eigenvalue weighted by atomic mass is 9.88. The van der Waals surface area contributed by atoms with Gasteiger partial charge in [0.15, 0.2) is 0 Å². The fraction of sp³-hybridized carbons (Fsp3) is 0.812. The molecule has 0 amide bonds. The van der Waals surface area contributed by atoms with E-state index in [0.29, 0.717) is 18.6 Å². The third-order valence-electron chi connectivity index (χ3n) is 4.56. The molecule has 4 nitrogen and oxygen atoms in total. The monoisotopic (exact) mass is 278 g/mol. The van der Waals surface area contributed by atoms with Crippen LogP contribution in [0, 0.1) is 5.92 Å². The number of hydrogen-bond acceptors (Lipinski definition) is 3. The first-order valence-electron chi connectivity index (χ1n) is 8.06. The molecule has 1 heterocycles. The van der Waals surface area contributed by atoms with Crippen molar-refractivity contribution >= 4 is 0 Å². The van der Waals surface area contributed by atoms with Crippen LogP contribution in [-0.4, -0.2) is 34.8 Å². The Morgan fingerprint density at radius 3 is 2.60 bits per heavy atom. The number of nitrogens with two attached hydrogens (primary N) is 1. The number of nitrogens with zero attached hydrogens (tertiary/aromatic N) is 3. The van der Waals surface area contributed by atoms with E-state index in [1.807, 2.05) is 10.9 Å². The summed E-state index contributed by atoms with van der Waals surface area (Å²) in [5.41, 5.74) is 7.27. The Morgan fingerprint density at radius 1 is 1.35 bits per heavy atom. The maximum Gasteiger partial charge on any atom is 0.0538 e. The molecule has 0 saturated heterocycles. The van der Waals surface area contributed by atoms with Crippen LogP contribution in [-0.2, 0) is 0 Å². The quantitative estimate of drug-likeness (QED) is 0.870. The molecule has 1 unspecified atom stereocenters. The molecule has 1 aliphatic carbocycles. The van der Waals surface area contributed by atoms with Gasteiger partial charge < -0.3 is 5.73 Å². The van der Waals surface area contributed by atoms with Gasteiger partial charge in [0.25, 0.3) is 0 Å². The molecule has 20 heavy (non-hydrogen) atoms. The smallest absolute Gasteiger partial charge is 0.0538 e. The van der Waals surface area contributed by atoms with Gasteiger partial charge in [0, 0.05) is 36.9 Å². The van der Waals surface area contributed by atoms with E-state index in [2.05, 4.69) is 37.1 Å². The molecule has 0 aromatic carbocycles. The molecule has 0 bridgehead atoms. The second-order valence-corrected chi connectivity index (χ2v) is 6.54. The van der Waals surface area contributed by atoms with Gasteiger partial charge in [0.2, 0.25) is 0 Å². The zero-order valence-electron chi connectivity index (χ0n) is 13.3. The molecular weight excluding hydrogens is 248 g/mol. The van der Waals surface area contributed by atoms with Crippen LogP contribution >= 0.6 is 0 Å². The Hall–Kier alpha value is -0.870. The van der Waals surface area contributed by atoms with Gasteiger partial charge in [-0.25, -0.2) is 0 Å². The molecular formula is C16H30N4. The van der Waals surface area contributed by atoms with Crippen molar-refractivity contribution in [3.05, 3.63) is 18.0 Å². The second kappa shape index (κ2) is 7.23. The summed E-state index contributed by atoms with van der Waals surface area (Å²) in [7, 11) is 2.21. The van der Waals surface area contributed by atoms with Gasteiger partial charge in [-0.05, 0) is 39.7 Å². The number of aromatic nitrogens is 2. The standard InChI is InChI=1S/C16H30N4/c1-13(2)20-12-15(10-18-20)16(9-17)19(3)11-14-7-5-4-6-8-14/h10,12-14,16H,4-9,11,17H2,1-3H3. The van der Waals surface area contributed by atoms with Crippen molar-refractivity contribution in [1.29, 1.82) is 0 Å². The van der Waals surface area contributed by atoms with E-state index in [4.69, 9.17) is 5.73 Å². The summed E-state index contributed by atoms with van der Waals surface area (Å²) in [6.07, 6.45) is 11.1. The Labute approximate surface area is 123 Å². The van der Waals surface area contributed by atoms with Gasteiger partial charge >= 0.3 is 0 Å². The van der Waals surface area contributed by atoms with E-state index < -0.39 is 0 Å². The molecule has 0 radical (unpaired) electrons. The number of rotatable bonds is 6. The lowest BCUT2D eigenvalue weighted by Crippen LogP contribution is -2.34. The fourth-order valence-corrected chi connectivity index (χ4v) is 3.28. The SMILES string of the molecule is CC(C)n1cc(C(CN)N(C)CC2CCCCC2)cn1. The summed E-state index contributed by atoms with van der Waals surface area (Å²) in [6.45, 7) is 6.13. The minimum absolute atomic E-state index is 0.296. The van der Waals surface area contributed by atoms with Crippen LogP contribution in [0.15, 0.2) is 12.4 Å². The Kier molecular flexibility index (Phi) is 5.61. The van der Waals surface area contributed by atoms with Crippen molar-refractivity contribution in [1.82, 2.24) is 14.7 Å². The van der Waals surface area contributed by atoms with Gasteiger partial charge in [0.1, 0.15) is 0 Å². The largest absolute Gasteiger partial charge is 0.329 e. The lowest BCUT2D eigenvalue weighted by molar-refractivity contribution is 0.185. The van der Waals surface area contributed by atoms with Crippen LogP contribution in [0.4, 0.5) is 0 Å². The third-order valence-corrected chi connectivity index (χ3v) is 4.56. The van der Waals surface area contributed by atoms with Gasteiger partial charge in [-0.15, -0.1) is 0 Å². The highest BCUT2D eigenvalue weighted by Gasteiger charge is 2.22. The fourth-order valence-electron chi connectivity index (χ4n) is 3.28. The maximum absolute atomic E-state index is 6.02. The van der Waals surface area contributed by atoms with E-state index in [1.54, 1.807) is 0 Å². The van der Waals surface area contributed by atoms with Gasteiger partial charge in [0.05, 0.1) is 6.20 Å². The van der Waals surface area contributed by atoms with Crippen molar-refractivity contribution in [3.63, 3.8) is 0 Å². The van der Waals surface area contributed by atoms with Gasteiger partial charge in [-0.3, -0.25) is 9.58 Å². The van der Waals surface area contributed by atoms with E-state index in [1.165, 1.54) is 37.7 Å². The number of hydrogen-bond donors (Lipinski definition) is 1. The molecule has 1 saturated carbocycles. The van der Waals surface area contributed by atoms with Crippen LogP contribution in [0.3, 0.4) is 0 Å². The summed E-state index contributed by atoms with van der Waals surface area (Å²) in [5, 5.41) is 4.45. The molecule has 1 aromatic heterocycles. The molecule has 1 atom stereocenters. The van der Waals surface area contributed by atoms with Crippen LogP contribution in [0.5, 0.6) is 0 Å². The van der Waals surface area contributed by atoms with Gasteiger partial charge in [-0.2, -0.15) is 5.10 Å². The molecule has 1 aliphatic rings. The average Bonchev–Trinajstić information content (AvgIpc) is 2.90. The first-order chi connectivity index (χ1) is 9.61. The predicted octanol–water partition coefficient (Wildman–Crippen LogP) is 2.98. The molecule has 114 valence electrons. The van der Waals surface area contributed by atoms with E-state index in [9.17, 15) is 0 Å². The van der Waals surface area contributed by atoms with Crippen molar-refractivity contribution in [2.75, 3.05) is 20.1 Å². The highest BCUT2D eigenvalue weighted by atomic mass is 15.3. The number of likely N-dealkylation sites (N-methyl/N-ethyl adjacent to an activating group) is 1. The summed E-state index contributed by atoms with van der Waals surface area (Å²) in [6, 6.07) is 0.704. The highest BCUT2D eigenvalue weighted by Crippen LogP contribution is 2.27. The summed E-state index contributed by atoms with van der Waals surface area (Å²) >= 11 is 0. The molecule has 2 N–H and O–H groups in total. The molecule has 0 spiro atoms. The van der Waals surface area contributed by atoms with Crippen molar-refractivity contribution in [2.24, 2.45) is 11.7 Å². The first-order valence-corrected chi connectivity index (χ1v) is 8.06. The van der Waals surface area contributed by atoms with Gasteiger partial charge in [-0.1, -0.05) is 19.3 Å². The minimum atomic E-state index is 0.296. The second-order valence-electron chi connectivity index (χ2n) is 6.54. The maximum atomic E-state index is 6.02. The molecule has 1 aromatic rings. The molecule has 2 rings (SSSR count). The van der Waals surface area contributed by atoms with Crippen molar-refractivity contribution < 1.29 is 0 Å². The van der Waals surface area contributed by atoms with Crippen molar-refractivity contribution in [3.8, 4) is 0 Å². The Morgan fingerprint density at radius 2 is 2.05 bits per heavy atom. The summed E-state index contributed by atoms with van der Waals surface area (Å²) in [4.78, 5) is 2.43. The summed E-state index contributed by atoms with van der Waals surface area (Å²) in [5.74, 6) is 0.850. The lowest BCUT2D eigenvalue weighted by Gasteiger charge is -2.31. The molecule has 4 heteroatoms. The molecule has 1 fully saturated rings. The average molecular weight is 278 g/mol. The highest BCUT2D eigenvalue weighted by molar-refractivity contribution is 5.11. The zero-order chi connectivity index (χ0) is 14.5. The normalized spacial score (nSPS) is 18.9. The van der Waals surface area contributed by atoms with E-state index >= 15 is 0 Å².